The number of benzene rings is 1. The van der Waals surface area contributed by atoms with Crippen molar-refractivity contribution in [2.75, 3.05) is 0 Å². The van der Waals surface area contributed by atoms with Crippen molar-refractivity contribution < 1.29 is 37.2 Å². The first-order valence-electron chi connectivity index (χ1n) is 6.90. The summed E-state index contributed by atoms with van der Waals surface area (Å²) in [6, 6.07) is 8.58. The first-order valence-corrected chi connectivity index (χ1v) is 6.90. The monoisotopic (exact) mass is 362 g/mol. The van der Waals surface area contributed by atoms with Crippen LogP contribution in [0.2, 0.25) is 0 Å². The Labute approximate surface area is 150 Å². The van der Waals surface area contributed by atoms with Gasteiger partial charge in [-0.25, -0.2) is 0 Å². The van der Waals surface area contributed by atoms with Crippen molar-refractivity contribution in [3.63, 3.8) is 0 Å². The van der Waals surface area contributed by atoms with E-state index in [2.05, 4.69) is 0 Å². The number of aliphatic hydroxyl groups excluding tert-OH is 1. The summed E-state index contributed by atoms with van der Waals surface area (Å²) in [5, 5.41) is 30.0. The summed E-state index contributed by atoms with van der Waals surface area (Å²) >= 11 is 0. The van der Waals surface area contributed by atoms with E-state index in [1.54, 1.807) is 72.9 Å². The first-order chi connectivity index (χ1) is 11.1. The Morgan fingerprint density at radius 3 is 1.67 bits per heavy atom. The number of hydrogen-bond donors (Lipinski definition) is 1. The van der Waals surface area contributed by atoms with Crippen LogP contribution < -0.4 is 10.2 Å². The molecule has 0 spiro atoms. The zero-order valence-corrected chi connectivity index (χ0v) is 13.6. The van der Waals surface area contributed by atoms with Gasteiger partial charge >= 0.3 is 17.1 Å². The minimum Gasteiger partial charge on any atom is -0.869 e. The summed E-state index contributed by atoms with van der Waals surface area (Å²) in [6.07, 6.45) is 13.3. The molecule has 0 aliphatic heterocycles. The summed E-state index contributed by atoms with van der Waals surface area (Å²) in [7, 11) is 0. The molecule has 0 fully saturated rings. The van der Waals surface area contributed by atoms with E-state index in [9.17, 15) is 15.0 Å². The van der Waals surface area contributed by atoms with Gasteiger partial charge in [0.1, 0.15) is 0 Å². The van der Waals surface area contributed by atoms with Crippen molar-refractivity contribution in [2.45, 2.75) is 0 Å². The SMILES string of the molecule is O=C(C([O-])=C1C=CC=C1)c1ccccc1.[Fe+2].[O-]C(O)=C1C=CC=C1. The zero-order chi connectivity index (χ0) is 16.7. The van der Waals surface area contributed by atoms with Crippen LogP contribution in [0.4, 0.5) is 0 Å². The molecule has 0 aromatic heterocycles. The number of Topliss-reactive ketones (excluding diaryl/α,β-unsaturated/α-hetero) is 1. The molecule has 122 valence electrons. The maximum absolute atomic E-state index is 11.7. The molecule has 2 aliphatic rings. The molecule has 1 aromatic rings. The number of carbonyl (C=O) groups is 1. The third-order valence-corrected chi connectivity index (χ3v) is 3.08. The Morgan fingerprint density at radius 2 is 1.25 bits per heavy atom. The van der Waals surface area contributed by atoms with Gasteiger partial charge in [-0.05, 0) is 11.1 Å². The molecule has 0 unspecified atom stereocenters. The van der Waals surface area contributed by atoms with Crippen molar-refractivity contribution in [3.8, 4) is 0 Å². The summed E-state index contributed by atoms with van der Waals surface area (Å²) in [6.45, 7) is 0. The molecule has 4 nitrogen and oxygen atoms in total. The van der Waals surface area contributed by atoms with Crippen LogP contribution in [0.3, 0.4) is 0 Å². The van der Waals surface area contributed by atoms with Crippen LogP contribution in [0.15, 0.2) is 102 Å². The van der Waals surface area contributed by atoms with Crippen LogP contribution >= 0.6 is 0 Å². The summed E-state index contributed by atoms with van der Waals surface area (Å²) in [5.41, 5.74) is 1.23. The van der Waals surface area contributed by atoms with Crippen LogP contribution in [-0.4, -0.2) is 10.9 Å². The Bertz CT molecular complexity index is 734. The van der Waals surface area contributed by atoms with Gasteiger partial charge in [-0.15, -0.1) is 0 Å². The number of carbonyl (C=O) groups excluding carboxylic acids is 1. The van der Waals surface area contributed by atoms with Gasteiger partial charge in [0.15, 0.2) is 5.78 Å². The molecular weight excluding hydrogens is 348 g/mol. The van der Waals surface area contributed by atoms with Gasteiger partial charge in [-0.2, -0.15) is 0 Å². The Balaban J connectivity index is 0.000000273. The fourth-order valence-corrected chi connectivity index (χ4v) is 1.89. The molecule has 3 rings (SSSR count). The summed E-state index contributed by atoms with van der Waals surface area (Å²) in [4.78, 5) is 11.7. The van der Waals surface area contributed by atoms with Crippen LogP contribution in [-0.2, 0) is 17.1 Å². The standard InChI is InChI=1S/C13H10O2.C6H6O2.Fe/c14-12(10-6-2-1-3-7-10)13(15)11-8-4-5-9-11;7-6(8)5-3-1-2-4-5;/h1-9,15H;1-4,7-8H;/q;;+2/p-2. The predicted octanol–water partition coefficient (Wildman–Crippen LogP) is 1.85. The molecule has 24 heavy (non-hydrogen) atoms. The van der Waals surface area contributed by atoms with Crippen molar-refractivity contribution in [3.05, 3.63) is 107 Å². The second-order valence-corrected chi connectivity index (χ2v) is 4.68. The van der Waals surface area contributed by atoms with Gasteiger partial charge in [-0.1, -0.05) is 84.7 Å². The topological polar surface area (TPSA) is 83.4 Å². The molecule has 0 saturated carbocycles. The van der Waals surface area contributed by atoms with Crippen LogP contribution in [0.1, 0.15) is 10.4 Å². The van der Waals surface area contributed by atoms with Gasteiger partial charge in [0, 0.05) is 5.56 Å². The van der Waals surface area contributed by atoms with E-state index in [-0.39, 0.29) is 17.1 Å². The molecule has 0 amide bonds. The quantitative estimate of drug-likeness (QED) is 0.377. The maximum Gasteiger partial charge on any atom is 2.00 e. The molecular formula is C19H14FeO4. The third-order valence-electron chi connectivity index (χ3n) is 3.08. The van der Waals surface area contributed by atoms with E-state index in [4.69, 9.17) is 5.11 Å². The minimum absolute atomic E-state index is 0. The van der Waals surface area contributed by atoms with Gasteiger partial charge in [-0.3, -0.25) is 4.79 Å². The smallest absolute Gasteiger partial charge is 0.869 e. The van der Waals surface area contributed by atoms with Crippen molar-refractivity contribution >= 4 is 5.78 Å². The Morgan fingerprint density at radius 1 is 0.792 bits per heavy atom. The summed E-state index contributed by atoms with van der Waals surface area (Å²) in [5.74, 6) is -1.78. The van der Waals surface area contributed by atoms with Crippen LogP contribution in [0, 0.1) is 0 Å². The second kappa shape index (κ2) is 9.40. The number of rotatable bonds is 2. The maximum atomic E-state index is 11.7. The number of hydrogen-bond acceptors (Lipinski definition) is 4. The predicted molar refractivity (Wildman–Crippen MR) is 84.0 cm³/mol. The molecule has 1 aromatic carbocycles. The first kappa shape index (κ1) is 19.3. The Hall–Kier alpha value is -2.75. The molecule has 2 aliphatic carbocycles. The van der Waals surface area contributed by atoms with Crippen molar-refractivity contribution in [1.82, 2.24) is 0 Å². The number of aliphatic hydroxyl groups is 1. The Kier molecular flexibility index (Phi) is 7.56. The average Bonchev–Trinajstić information content (AvgIpc) is 3.28. The molecule has 1 N–H and O–H groups in total. The van der Waals surface area contributed by atoms with Gasteiger partial charge in [0.05, 0.1) is 5.95 Å². The molecule has 0 heterocycles. The molecule has 5 heteroatoms. The van der Waals surface area contributed by atoms with Gasteiger partial charge in [0.2, 0.25) is 0 Å². The molecule has 0 saturated heterocycles. The second-order valence-electron chi connectivity index (χ2n) is 4.68. The van der Waals surface area contributed by atoms with E-state index in [0.717, 1.165) is 0 Å². The summed E-state index contributed by atoms with van der Waals surface area (Å²) < 4.78 is 0. The van der Waals surface area contributed by atoms with Crippen molar-refractivity contribution in [2.24, 2.45) is 0 Å². The molecule has 0 radical (unpaired) electrons. The van der Waals surface area contributed by atoms with E-state index in [1.807, 2.05) is 6.07 Å². The van der Waals surface area contributed by atoms with Gasteiger partial charge < -0.3 is 15.3 Å². The number of ketones is 1. The normalized spacial score (nSPS) is 13.3. The fraction of sp³-hybridized carbons (Fsp3) is 0. The largest absolute Gasteiger partial charge is 2.00 e. The average molecular weight is 362 g/mol. The van der Waals surface area contributed by atoms with Gasteiger partial charge in [0.25, 0.3) is 0 Å². The van der Waals surface area contributed by atoms with Crippen LogP contribution in [0.5, 0.6) is 0 Å². The van der Waals surface area contributed by atoms with Crippen molar-refractivity contribution in [1.29, 1.82) is 0 Å². The molecule has 0 bridgehead atoms. The number of allylic oxidation sites excluding steroid dienone is 11. The van der Waals surface area contributed by atoms with E-state index in [1.165, 1.54) is 0 Å². The van der Waals surface area contributed by atoms with E-state index >= 15 is 0 Å². The van der Waals surface area contributed by atoms with Crippen LogP contribution in [0.25, 0.3) is 0 Å². The fourth-order valence-electron chi connectivity index (χ4n) is 1.89. The molecule has 0 atom stereocenters. The van der Waals surface area contributed by atoms with E-state index in [0.29, 0.717) is 16.7 Å². The minimum atomic E-state index is -0.866. The van der Waals surface area contributed by atoms with E-state index < -0.39 is 17.5 Å². The zero-order valence-electron chi connectivity index (χ0n) is 12.5. The third kappa shape index (κ3) is 5.16.